The van der Waals surface area contributed by atoms with E-state index in [1.54, 1.807) is 18.7 Å². The number of amides is 2. The van der Waals surface area contributed by atoms with Gasteiger partial charge in [0.25, 0.3) is 18.8 Å². The van der Waals surface area contributed by atoms with E-state index in [1.807, 2.05) is 0 Å². The van der Waals surface area contributed by atoms with E-state index >= 15 is 0 Å². The molecule has 194 valence electrons. The van der Waals surface area contributed by atoms with Gasteiger partial charge in [-0.2, -0.15) is 10.2 Å². The van der Waals surface area contributed by atoms with E-state index in [2.05, 4.69) is 20.5 Å². The summed E-state index contributed by atoms with van der Waals surface area (Å²) in [5.41, 5.74) is 6.50. The van der Waals surface area contributed by atoms with Gasteiger partial charge in [-0.1, -0.05) is 0 Å². The number of anilines is 1. The molecule has 0 radical (unpaired) electrons. The lowest BCUT2D eigenvalue weighted by Crippen LogP contribution is -2.22. The van der Waals surface area contributed by atoms with Gasteiger partial charge >= 0.3 is 0 Å². The number of hydrogen-bond donors (Lipinski definition) is 2. The van der Waals surface area contributed by atoms with Gasteiger partial charge in [0.15, 0.2) is 0 Å². The van der Waals surface area contributed by atoms with Gasteiger partial charge in [0.2, 0.25) is 5.91 Å². The lowest BCUT2D eigenvalue weighted by molar-refractivity contribution is -0.117. The van der Waals surface area contributed by atoms with Crippen molar-refractivity contribution in [3.8, 4) is 11.1 Å². The first-order valence-electron chi connectivity index (χ1n) is 11.2. The first kappa shape index (κ1) is 24.9. The van der Waals surface area contributed by atoms with Gasteiger partial charge in [0.1, 0.15) is 27.6 Å². The predicted octanol–water partition coefficient (Wildman–Crippen LogP) is 4.69. The molecule has 1 aliphatic rings. The highest BCUT2D eigenvalue weighted by atomic mass is 32.1. The summed E-state index contributed by atoms with van der Waals surface area (Å²) in [4.78, 5) is 29.2. The van der Waals surface area contributed by atoms with Crippen molar-refractivity contribution in [2.24, 2.45) is 12.8 Å². The molecule has 1 fully saturated rings. The number of primary amides is 1. The number of aryl methyl sites for hydroxylation is 1. The zero-order valence-corrected chi connectivity index (χ0v) is 20.5. The molecule has 0 saturated heterocycles. The van der Waals surface area contributed by atoms with Crippen LogP contribution >= 0.6 is 11.3 Å². The number of fused-ring (bicyclic) bond motifs is 1. The second-order valence-electron chi connectivity index (χ2n) is 8.79. The fraction of sp³-hybridized carbons (Fsp3) is 0.348. The molecule has 5 rings (SSSR count). The molecule has 37 heavy (non-hydrogen) atoms. The maximum absolute atomic E-state index is 13.7. The van der Waals surface area contributed by atoms with Gasteiger partial charge in [-0.15, -0.1) is 11.3 Å². The molecule has 0 spiro atoms. The summed E-state index contributed by atoms with van der Waals surface area (Å²) in [6.45, 7) is 1.18. The Kier molecular flexibility index (Phi) is 6.22. The number of halogens is 4. The SMILES string of the molecule is Cc1c(-c2cc(C(F)F)nc3sc(C(N)=O)c(NC(=O)Cn4nc(C5CC5)cc4C(F)F)c23)cnn1C. The average molecular weight is 536 g/mol. The maximum Gasteiger partial charge on any atom is 0.280 e. The van der Waals surface area contributed by atoms with Crippen molar-refractivity contribution in [3.05, 3.63) is 46.0 Å². The second kappa shape index (κ2) is 9.25. The minimum atomic E-state index is -2.90. The van der Waals surface area contributed by atoms with Crippen LogP contribution in [0.2, 0.25) is 0 Å². The zero-order chi connectivity index (χ0) is 26.6. The van der Waals surface area contributed by atoms with Crippen molar-refractivity contribution in [1.29, 1.82) is 0 Å². The van der Waals surface area contributed by atoms with E-state index in [0.29, 0.717) is 17.0 Å². The summed E-state index contributed by atoms with van der Waals surface area (Å²) >= 11 is 0.754. The monoisotopic (exact) mass is 535 g/mol. The number of alkyl halides is 4. The number of nitrogens with zero attached hydrogens (tertiary/aromatic N) is 5. The number of pyridine rings is 1. The van der Waals surface area contributed by atoms with Crippen molar-refractivity contribution in [3.63, 3.8) is 0 Å². The van der Waals surface area contributed by atoms with Crippen molar-refractivity contribution in [2.75, 3.05) is 5.32 Å². The van der Waals surface area contributed by atoms with Crippen molar-refractivity contribution in [2.45, 2.75) is 45.1 Å². The van der Waals surface area contributed by atoms with E-state index in [-0.39, 0.29) is 32.3 Å². The molecule has 0 aliphatic heterocycles. The smallest absolute Gasteiger partial charge is 0.280 e. The van der Waals surface area contributed by atoms with E-state index in [9.17, 15) is 27.2 Å². The normalized spacial score (nSPS) is 13.7. The zero-order valence-electron chi connectivity index (χ0n) is 19.6. The molecule has 0 unspecified atom stereocenters. The lowest BCUT2D eigenvalue weighted by Gasteiger charge is -2.12. The minimum absolute atomic E-state index is 0.0303. The molecule has 2 amide bonds. The van der Waals surface area contributed by atoms with Gasteiger partial charge in [-0.3, -0.25) is 19.0 Å². The first-order valence-corrected chi connectivity index (χ1v) is 12.1. The number of aromatic nitrogens is 5. The highest BCUT2D eigenvalue weighted by molar-refractivity contribution is 7.21. The van der Waals surface area contributed by atoms with Crippen LogP contribution in [0.25, 0.3) is 21.3 Å². The van der Waals surface area contributed by atoms with Crippen LogP contribution in [0.4, 0.5) is 23.2 Å². The Bertz CT molecular complexity index is 1540. The molecule has 4 aromatic heterocycles. The Labute approximate surface area is 211 Å². The maximum atomic E-state index is 13.7. The van der Waals surface area contributed by atoms with Crippen molar-refractivity contribution in [1.82, 2.24) is 24.5 Å². The summed E-state index contributed by atoms with van der Waals surface area (Å²) in [7, 11) is 1.68. The molecule has 14 heteroatoms. The minimum Gasteiger partial charge on any atom is -0.365 e. The standard InChI is InChI=1S/C23H21F4N7O2S/c1-9-12(7-29-33(9)2)11-5-14(20(24)25)30-23-17(11)18(19(37-23)22(28)36)31-16(35)8-34-15(21(26)27)6-13(32-34)10-3-4-10/h5-7,10,20-21H,3-4,8H2,1-2H3,(H2,28,36)(H,31,35). The molecule has 0 atom stereocenters. The first-order chi connectivity index (χ1) is 17.5. The average Bonchev–Trinajstić information content (AvgIpc) is 3.38. The molecule has 4 heterocycles. The number of carbonyl (C=O) groups is 2. The van der Waals surface area contributed by atoms with Crippen LogP contribution in [0.5, 0.6) is 0 Å². The summed E-state index contributed by atoms with van der Waals surface area (Å²) in [5, 5.41) is 11.1. The van der Waals surface area contributed by atoms with Crippen LogP contribution in [-0.4, -0.2) is 36.4 Å². The molecule has 4 aromatic rings. The summed E-state index contributed by atoms with van der Waals surface area (Å²) < 4.78 is 57.0. The van der Waals surface area contributed by atoms with Gasteiger partial charge in [-0.05, 0) is 37.5 Å². The third-order valence-electron chi connectivity index (χ3n) is 6.26. The number of nitrogens with one attached hydrogen (secondary N) is 1. The van der Waals surface area contributed by atoms with E-state index in [4.69, 9.17) is 5.73 Å². The Morgan fingerprint density at radius 1 is 1.19 bits per heavy atom. The highest BCUT2D eigenvalue weighted by Gasteiger charge is 2.30. The number of thiophene rings is 1. The summed E-state index contributed by atoms with van der Waals surface area (Å²) in [6, 6.07) is 2.47. The van der Waals surface area contributed by atoms with E-state index in [0.717, 1.165) is 28.9 Å². The molecular formula is C23H21F4N7O2S. The third kappa shape index (κ3) is 4.56. The van der Waals surface area contributed by atoms with Crippen LogP contribution in [0.1, 0.15) is 64.1 Å². The Morgan fingerprint density at radius 2 is 1.92 bits per heavy atom. The molecule has 0 bridgehead atoms. The van der Waals surface area contributed by atoms with Gasteiger partial charge in [0.05, 0.1) is 17.6 Å². The van der Waals surface area contributed by atoms with Crippen LogP contribution in [0.3, 0.4) is 0 Å². The Hall–Kier alpha value is -3.81. The number of carbonyl (C=O) groups excluding carboxylic acids is 2. The van der Waals surface area contributed by atoms with Crippen LogP contribution < -0.4 is 11.1 Å². The number of rotatable bonds is 8. The van der Waals surface area contributed by atoms with Gasteiger partial charge in [-0.25, -0.2) is 22.5 Å². The fourth-order valence-electron chi connectivity index (χ4n) is 4.15. The molecular weight excluding hydrogens is 514 g/mol. The lowest BCUT2D eigenvalue weighted by atomic mass is 10.0. The van der Waals surface area contributed by atoms with Gasteiger partial charge in [0, 0.05) is 29.6 Å². The van der Waals surface area contributed by atoms with E-state index < -0.39 is 42.6 Å². The van der Waals surface area contributed by atoms with Crippen molar-refractivity contribution >= 4 is 39.1 Å². The quantitative estimate of drug-likeness (QED) is 0.317. The third-order valence-corrected chi connectivity index (χ3v) is 7.36. The molecule has 1 aliphatic carbocycles. The van der Waals surface area contributed by atoms with Crippen LogP contribution in [-0.2, 0) is 18.4 Å². The Balaban J connectivity index is 1.60. The van der Waals surface area contributed by atoms with E-state index in [1.165, 1.54) is 18.3 Å². The van der Waals surface area contributed by atoms with Gasteiger partial charge < -0.3 is 11.1 Å². The highest BCUT2D eigenvalue weighted by Crippen LogP contribution is 2.43. The molecule has 0 aromatic carbocycles. The number of hydrogen-bond acceptors (Lipinski definition) is 6. The fourth-order valence-corrected chi connectivity index (χ4v) is 5.16. The molecule has 9 nitrogen and oxygen atoms in total. The Morgan fingerprint density at radius 3 is 2.49 bits per heavy atom. The van der Waals surface area contributed by atoms with Crippen LogP contribution in [0.15, 0.2) is 18.3 Å². The molecule has 1 saturated carbocycles. The summed E-state index contributed by atoms with van der Waals surface area (Å²) in [5.74, 6) is -1.56. The van der Waals surface area contributed by atoms with Crippen LogP contribution in [0, 0.1) is 6.92 Å². The van der Waals surface area contributed by atoms with Crippen molar-refractivity contribution < 1.29 is 27.2 Å². The topological polar surface area (TPSA) is 121 Å². The predicted molar refractivity (Wildman–Crippen MR) is 128 cm³/mol. The molecule has 3 N–H and O–H groups in total. The summed E-state index contributed by atoms with van der Waals surface area (Å²) in [6.07, 6.45) is -2.57. The largest absolute Gasteiger partial charge is 0.365 e. The second-order valence-corrected chi connectivity index (χ2v) is 9.79. The number of nitrogens with two attached hydrogens (primary N) is 1.